The highest BCUT2D eigenvalue weighted by Crippen LogP contribution is 2.35. The minimum absolute atomic E-state index is 0.0926. The van der Waals surface area contributed by atoms with Gasteiger partial charge >= 0.3 is 0 Å². The molecule has 0 aliphatic heterocycles. The van der Waals surface area contributed by atoms with Crippen molar-refractivity contribution in [1.82, 2.24) is 0 Å². The lowest BCUT2D eigenvalue weighted by atomic mass is 10.0. The van der Waals surface area contributed by atoms with Gasteiger partial charge in [-0.15, -0.1) is 11.3 Å². The van der Waals surface area contributed by atoms with E-state index in [1.807, 2.05) is 35.7 Å². The van der Waals surface area contributed by atoms with Crippen molar-refractivity contribution in [1.29, 1.82) is 10.5 Å². The molecular weight excluding hydrogens is 378 g/mol. The summed E-state index contributed by atoms with van der Waals surface area (Å²) in [5.41, 5.74) is 7.73. The summed E-state index contributed by atoms with van der Waals surface area (Å²) in [6.07, 6.45) is 0. The summed E-state index contributed by atoms with van der Waals surface area (Å²) in [5, 5.41) is 24.3. The maximum Gasteiger partial charge on any atom is 0.289 e. The summed E-state index contributed by atoms with van der Waals surface area (Å²) in [7, 11) is 0. The highest BCUT2D eigenvalue weighted by Gasteiger charge is 2.24. The van der Waals surface area contributed by atoms with E-state index in [-0.39, 0.29) is 23.0 Å². The summed E-state index contributed by atoms with van der Waals surface area (Å²) < 4.78 is 0. The van der Waals surface area contributed by atoms with Crippen LogP contribution in [0, 0.1) is 22.7 Å². The van der Waals surface area contributed by atoms with Crippen LogP contribution < -0.4 is 16.0 Å². The predicted molar refractivity (Wildman–Crippen MR) is 106 cm³/mol. The van der Waals surface area contributed by atoms with Gasteiger partial charge in [-0.05, 0) is 23.6 Å². The standard InChI is InChI=1S/C19H13N5OS2/c20-9-13-17(15-7-4-8-26-15)14(10-21)19(24-18(13)22)27-11-16(25)23-12-5-2-1-3-6-12/h1-8H,11H2,(H2,22,24)(H,23,25)/p+1. The van der Waals surface area contributed by atoms with E-state index in [4.69, 9.17) is 5.73 Å². The Bertz CT molecular complexity index is 1050. The molecule has 2 aromatic heterocycles. The number of carbonyl (C=O) groups is 1. The summed E-state index contributed by atoms with van der Waals surface area (Å²) in [5.74, 6) is 0.0601. The third kappa shape index (κ3) is 4.09. The van der Waals surface area contributed by atoms with Gasteiger partial charge in [0.05, 0.1) is 5.75 Å². The molecule has 0 atom stereocenters. The molecule has 0 aliphatic rings. The number of aromatic nitrogens is 1. The SMILES string of the molecule is N#Cc1c(N)[nH+]c(SCC(=O)Nc2ccccc2)c(C#N)c1-c1cccs1. The van der Waals surface area contributed by atoms with Gasteiger partial charge in [-0.3, -0.25) is 10.5 Å². The number of H-pyrrole nitrogens is 1. The molecular formula is C19H14N5OS2+. The Morgan fingerprint density at radius 3 is 2.52 bits per heavy atom. The van der Waals surface area contributed by atoms with Crippen LogP contribution >= 0.6 is 23.1 Å². The molecule has 1 aromatic carbocycles. The van der Waals surface area contributed by atoms with Crippen LogP contribution in [0.1, 0.15) is 11.1 Å². The van der Waals surface area contributed by atoms with E-state index in [1.165, 1.54) is 23.1 Å². The molecule has 0 fully saturated rings. The van der Waals surface area contributed by atoms with Crippen molar-refractivity contribution in [3.8, 4) is 22.6 Å². The Balaban J connectivity index is 1.89. The predicted octanol–water partition coefficient (Wildman–Crippen LogP) is 3.29. The number of carbonyl (C=O) groups excluding carboxylic acids is 1. The molecule has 27 heavy (non-hydrogen) atoms. The molecule has 2 heterocycles. The second-order valence-corrected chi connectivity index (χ2v) is 7.33. The number of nitriles is 2. The Labute approximate surface area is 164 Å². The first-order valence-electron chi connectivity index (χ1n) is 7.84. The summed E-state index contributed by atoms with van der Waals surface area (Å²) in [4.78, 5) is 15.9. The number of anilines is 2. The normalized spacial score (nSPS) is 10.0. The van der Waals surface area contributed by atoms with Crippen LogP contribution in [0.25, 0.3) is 10.4 Å². The molecule has 3 aromatic rings. The number of para-hydroxylation sites is 1. The maximum atomic E-state index is 12.2. The van der Waals surface area contributed by atoms with Gasteiger partial charge in [0.25, 0.3) is 5.82 Å². The van der Waals surface area contributed by atoms with Gasteiger partial charge < -0.3 is 5.32 Å². The molecule has 6 nitrogen and oxygen atoms in total. The van der Waals surface area contributed by atoms with Crippen LogP contribution in [-0.2, 0) is 4.79 Å². The summed E-state index contributed by atoms with van der Waals surface area (Å²) in [6, 6.07) is 17.0. The fourth-order valence-corrected chi connectivity index (χ4v) is 4.08. The molecule has 0 radical (unpaired) electrons. The molecule has 0 aliphatic carbocycles. The van der Waals surface area contributed by atoms with Crippen molar-refractivity contribution in [2.24, 2.45) is 0 Å². The molecule has 8 heteroatoms. The number of nitrogens with two attached hydrogens (primary N) is 1. The zero-order valence-electron chi connectivity index (χ0n) is 14.0. The van der Waals surface area contributed by atoms with Gasteiger partial charge in [0.1, 0.15) is 17.7 Å². The van der Waals surface area contributed by atoms with Crippen molar-refractivity contribution in [2.45, 2.75) is 5.03 Å². The molecule has 4 N–H and O–H groups in total. The number of pyridine rings is 1. The van der Waals surface area contributed by atoms with Crippen LogP contribution in [0.2, 0.25) is 0 Å². The molecule has 1 amide bonds. The van der Waals surface area contributed by atoms with E-state index in [0.717, 1.165) is 4.88 Å². The Morgan fingerprint density at radius 2 is 1.89 bits per heavy atom. The number of nitrogens with zero attached hydrogens (tertiary/aromatic N) is 2. The van der Waals surface area contributed by atoms with E-state index in [0.29, 0.717) is 21.8 Å². The lowest BCUT2D eigenvalue weighted by Crippen LogP contribution is -2.20. The average Bonchev–Trinajstić information content (AvgIpc) is 3.21. The lowest BCUT2D eigenvalue weighted by molar-refractivity contribution is -0.410. The number of hydrogen-bond donors (Lipinski definition) is 2. The summed E-state index contributed by atoms with van der Waals surface area (Å²) >= 11 is 2.59. The quantitative estimate of drug-likeness (QED) is 0.646. The topological polar surface area (TPSA) is 117 Å². The van der Waals surface area contributed by atoms with Crippen LogP contribution in [0.15, 0.2) is 52.9 Å². The zero-order valence-corrected chi connectivity index (χ0v) is 15.7. The van der Waals surface area contributed by atoms with Crippen LogP contribution in [0.5, 0.6) is 0 Å². The maximum absolute atomic E-state index is 12.2. The minimum Gasteiger partial charge on any atom is -0.325 e. The van der Waals surface area contributed by atoms with Crippen molar-refractivity contribution in [3.63, 3.8) is 0 Å². The monoisotopic (exact) mass is 392 g/mol. The number of nitrogens with one attached hydrogen (secondary N) is 2. The van der Waals surface area contributed by atoms with Crippen molar-refractivity contribution in [3.05, 3.63) is 59.0 Å². The van der Waals surface area contributed by atoms with Gasteiger partial charge in [-0.2, -0.15) is 10.5 Å². The number of thiophene rings is 1. The molecule has 132 valence electrons. The molecule has 0 saturated heterocycles. The first-order chi connectivity index (χ1) is 13.1. The van der Waals surface area contributed by atoms with E-state index >= 15 is 0 Å². The molecule has 0 unspecified atom stereocenters. The molecule has 0 saturated carbocycles. The lowest BCUT2D eigenvalue weighted by Gasteiger charge is -2.09. The van der Waals surface area contributed by atoms with E-state index in [9.17, 15) is 15.3 Å². The third-order valence-corrected chi connectivity index (χ3v) is 5.53. The number of amides is 1. The van der Waals surface area contributed by atoms with E-state index in [2.05, 4.69) is 22.4 Å². The number of aromatic amines is 1. The van der Waals surface area contributed by atoms with Gasteiger partial charge in [0, 0.05) is 16.1 Å². The second kappa shape index (κ2) is 8.37. The molecule has 0 bridgehead atoms. The van der Waals surface area contributed by atoms with Crippen LogP contribution in [0.4, 0.5) is 11.5 Å². The third-order valence-electron chi connectivity index (χ3n) is 3.64. The van der Waals surface area contributed by atoms with Gasteiger partial charge in [-0.25, -0.2) is 4.98 Å². The van der Waals surface area contributed by atoms with Crippen LogP contribution in [0.3, 0.4) is 0 Å². The fraction of sp³-hybridized carbons (Fsp3) is 0.0526. The smallest absolute Gasteiger partial charge is 0.289 e. The Kier molecular flexibility index (Phi) is 5.72. The minimum atomic E-state index is -0.205. The Morgan fingerprint density at radius 1 is 1.15 bits per heavy atom. The summed E-state index contributed by atoms with van der Waals surface area (Å²) in [6.45, 7) is 0. The van der Waals surface area contributed by atoms with Gasteiger partial charge in [0.15, 0.2) is 10.6 Å². The first kappa shape index (κ1) is 18.5. The number of hydrogen-bond acceptors (Lipinski definition) is 6. The first-order valence-corrected chi connectivity index (χ1v) is 9.71. The fourth-order valence-electron chi connectivity index (χ4n) is 2.48. The largest absolute Gasteiger partial charge is 0.325 e. The highest BCUT2D eigenvalue weighted by atomic mass is 32.2. The number of benzene rings is 1. The van der Waals surface area contributed by atoms with E-state index in [1.54, 1.807) is 12.1 Å². The molecule has 3 rings (SSSR count). The zero-order chi connectivity index (χ0) is 19.2. The van der Waals surface area contributed by atoms with Crippen molar-refractivity contribution < 1.29 is 9.78 Å². The van der Waals surface area contributed by atoms with Crippen LogP contribution in [-0.4, -0.2) is 11.7 Å². The van der Waals surface area contributed by atoms with Gasteiger partial charge in [0.2, 0.25) is 5.91 Å². The number of nitrogen functional groups attached to an aromatic ring is 1. The van der Waals surface area contributed by atoms with Gasteiger partial charge in [-0.1, -0.05) is 36.0 Å². The van der Waals surface area contributed by atoms with Crippen molar-refractivity contribution in [2.75, 3.05) is 16.8 Å². The van der Waals surface area contributed by atoms with Crippen molar-refractivity contribution >= 4 is 40.5 Å². The Hall–Kier alpha value is -3.33. The van der Waals surface area contributed by atoms with E-state index < -0.39 is 0 Å². The molecule has 0 spiro atoms. The average molecular weight is 392 g/mol. The second-order valence-electron chi connectivity index (χ2n) is 5.40. The highest BCUT2D eigenvalue weighted by molar-refractivity contribution is 7.99. The number of rotatable bonds is 5. The number of thioether (sulfide) groups is 1.